The molecular weight excluding hydrogens is 332 g/mol. The molecule has 7 heteroatoms. The lowest BCUT2D eigenvalue weighted by Gasteiger charge is -2.31. The summed E-state index contributed by atoms with van der Waals surface area (Å²) in [6, 6.07) is 5.15. The Morgan fingerprint density at radius 1 is 1.35 bits per heavy atom. The van der Waals surface area contributed by atoms with Gasteiger partial charge in [-0.25, -0.2) is 8.78 Å². The van der Waals surface area contributed by atoms with Gasteiger partial charge in [0, 0.05) is 36.9 Å². The van der Waals surface area contributed by atoms with E-state index in [4.69, 9.17) is 0 Å². The van der Waals surface area contributed by atoms with Gasteiger partial charge in [-0.3, -0.25) is 9.89 Å². The van der Waals surface area contributed by atoms with Crippen LogP contribution >= 0.6 is 15.9 Å². The number of nitrogens with one attached hydrogen (secondary N) is 1. The molecule has 0 atom stereocenters. The summed E-state index contributed by atoms with van der Waals surface area (Å²) in [5.41, 5.74) is 1.15. The first-order chi connectivity index (χ1) is 9.46. The number of aromatic amines is 1. The van der Waals surface area contributed by atoms with Crippen molar-refractivity contribution in [1.29, 1.82) is 0 Å². The molecule has 1 aromatic carbocycles. The van der Waals surface area contributed by atoms with Crippen molar-refractivity contribution >= 4 is 32.7 Å². The molecule has 0 radical (unpaired) electrons. The molecule has 0 unspecified atom stereocenters. The van der Waals surface area contributed by atoms with Gasteiger partial charge in [-0.15, -0.1) is 0 Å². The number of nitrogens with zero attached hydrogens (tertiary/aromatic N) is 2. The largest absolute Gasteiger partial charge is 0.338 e. The smallest absolute Gasteiger partial charge is 0.253 e. The monoisotopic (exact) mass is 343 g/mol. The summed E-state index contributed by atoms with van der Waals surface area (Å²) < 4.78 is 26.9. The van der Waals surface area contributed by atoms with Gasteiger partial charge >= 0.3 is 0 Å². The Labute approximate surface area is 122 Å². The second-order valence-corrected chi connectivity index (χ2v) is 5.71. The zero-order valence-corrected chi connectivity index (χ0v) is 12.1. The predicted molar refractivity (Wildman–Crippen MR) is 73.9 cm³/mol. The van der Waals surface area contributed by atoms with Crippen molar-refractivity contribution in [3.63, 3.8) is 0 Å². The second-order valence-electron chi connectivity index (χ2n) is 4.92. The van der Waals surface area contributed by atoms with Gasteiger partial charge in [0.2, 0.25) is 0 Å². The van der Waals surface area contributed by atoms with Gasteiger partial charge in [0.25, 0.3) is 11.8 Å². The zero-order chi connectivity index (χ0) is 14.3. The standard InChI is InChI=1S/C13H12BrF2N3O/c14-11-9-2-1-8(7-10(9)17-18-11)12(20)19-5-3-13(15,16)4-6-19/h1-2,7H,3-6H2,(H,17,18). The Morgan fingerprint density at radius 3 is 2.75 bits per heavy atom. The first kappa shape index (κ1) is 13.5. The average molecular weight is 344 g/mol. The summed E-state index contributed by atoms with van der Waals surface area (Å²) in [5.74, 6) is -2.87. The molecule has 1 aliphatic rings. The minimum atomic E-state index is -2.65. The molecule has 1 fully saturated rings. The highest BCUT2D eigenvalue weighted by Gasteiger charge is 2.35. The number of rotatable bonds is 1. The second kappa shape index (κ2) is 4.80. The molecule has 0 saturated carbocycles. The third kappa shape index (κ3) is 2.42. The number of benzene rings is 1. The summed E-state index contributed by atoms with van der Waals surface area (Å²) >= 11 is 3.32. The van der Waals surface area contributed by atoms with Crippen LogP contribution < -0.4 is 0 Å². The number of H-pyrrole nitrogens is 1. The number of carbonyl (C=O) groups is 1. The molecule has 3 rings (SSSR count). The van der Waals surface area contributed by atoms with E-state index in [0.29, 0.717) is 11.1 Å². The highest BCUT2D eigenvalue weighted by Crippen LogP contribution is 2.29. The quantitative estimate of drug-likeness (QED) is 0.864. The van der Waals surface area contributed by atoms with E-state index in [1.54, 1.807) is 18.2 Å². The molecule has 0 aliphatic carbocycles. The Balaban J connectivity index is 1.82. The number of amides is 1. The molecule has 1 amide bonds. The van der Waals surface area contributed by atoms with Crippen LogP contribution in [0.25, 0.3) is 10.9 Å². The number of likely N-dealkylation sites (tertiary alicyclic amines) is 1. The maximum absolute atomic E-state index is 13.1. The van der Waals surface area contributed by atoms with Gasteiger partial charge in [0.1, 0.15) is 4.60 Å². The lowest BCUT2D eigenvalue weighted by atomic mass is 10.1. The van der Waals surface area contributed by atoms with E-state index >= 15 is 0 Å². The van der Waals surface area contributed by atoms with Crippen molar-refractivity contribution in [2.24, 2.45) is 0 Å². The van der Waals surface area contributed by atoms with E-state index in [2.05, 4.69) is 26.1 Å². The van der Waals surface area contributed by atoms with Gasteiger partial charge < -0.3 is 4.90 Å². The number of fused-ring (bicyclic) bond motifs is 1. The van der Waals surface area contributed by atoms with E-state index in [1.165, 1.54) is 4.90 Å². The molecule has 1 aliphatic heterocycles. The molecule has 2 aromatic rings. The lowest BCUT2D eigenvalue weighted by Crippen LogP contribution is -2.42. The molecule has 106 valence electrons. The van der Waals surface area contributed by atoms with Gasteiger partial charge in [-0.05, 0) is 34.1 Å². The van der Waals surface area contributed by atoms with Gasteiger partial charge in [-0.2, -0.15) is 5.10 Å². The van der Waals surface area contributed by atoms with Crippen LogP contribution in [0.1, 0.15) is 23.2 Å². The number of hydrogen-bond donors (Lipinski definition) is 1. The topological polar surface area (TPSA) is 49.0 Å². The van der Waals surface area contributed by atoms with Crippen molar-refractivity contribution < 1.29 is 13.6 Å². The number of carbonyl (C=O) groups excluding carboxylic acids is 1. The summed E-state index contributed by atoms with van der Waals surface area (Å²) in [6.07, 6.45) is -0.538. The number of hydrogen-bond acceptors (Lipinski definition) is 2. The Bertz CT molecular complexity index is 661. The Hall–Kier alpha value is -1.50. The molecular formula is C13H12BrF2N3O. The lowest BCUT2D eigenvalue weighted by molar-refractivity contribution is -0.0494. The molecule has 0 spiro atoms. The highest BCUT2D eigenvalue weighted by atomic mass is 79.9. The maximum atomic E-state index is 13.1. The molecule has 0 bridgehead atoms. The van der Waals surface area contributed by atoms with E-state index in [0.717, 1.165) is 9.99 Å². The summed E-state index contributed by atoms with van der Waals surface area (Å²) in [7, 11) is 0. The Morgan fingerprint density at radius 2 is 2.05 bits per heavy atom. The van der Waals surface area contributed by atoms with Crippen molar-refractivity contribution in [2.75, 3.05) is 13.1 Å². The molecule has 20 heavy (non-hydrogen) atoms. The van der Waals surface area contributed by atoms with Crippen LogP contribution in [-0.2, 0) is 0 Å². The fraction of sp³-hybridized carbons (Fsp3) is 0.385. The van der Waals surface area contributed by atoms with E-state index < -0.39 is 5.92 Å². The predicted octanol–water partition coefficient (Wildman–Crippen LogP) is 3.20. The maximum Gasteiger partial charge on any atom is 0.253 e. The zero-order valence-electron chi connectivity index (χ0n) is 10.5. The molecule has 4 nitrogen and oxygen atoms in total. The van der Waals surface area contributed by atoms with Crippen molar-refractivity contribution in [2.45, 2.75) is 18.8 Å². The van der Waals surface area contributed by atoms with Gasteiger partial charge in [0.05, 0.1) is 5.52 Å². The van der Waals surface area contributed by atoms with Crippen molar-refractivity contribution in [1.82, 2.24) is 15.1 Å². The summed E-state index contributed by atoms with van der Waals surface area (Å²) in [5, 5.41) is 7.72. The number of piperidine rings is 1. The van der Waals surface area contributed by atoms with E-state index in [9.17, 15) is 13.6 Å². The number of alkyl halides is 2. The summed E-state index contributed by atoms with van der Waals surface area (Å²) in [4.78, 5) is 13.8. The summed E-state index contributed by atoms with van der Waals surface area (Å²) in [6.45, 7) is 0.183. The fourth-order valence-electron chi connectivity index (χ4n) is 2.33. The van der Waals surface area contributed by atoms with Crippen LogP contribution in [0.5, 0.6) is 0 Å². The third-order valence-electron chi connectivity index (χ3n) is 3.54. The van der Waals surface area contributed by atoms with Crippen LogP contribution in [0.3, 0.4) is 0 Å². The fourth-order valence-corrected chi connectivity index (χ4v) is 2.76. The normalized spacial score (nSPS) is 18.4. The Kier molecular flexibility index (Phi) is 3.24. The molecule has 1 N–H and O–H groups in total. The molecule has 1 aromatic heterocycles. The van der Waals surface area contributed by atoms with E-state index in [1.807, 2.05) is 0 Å². The first-order valence-corrected chi connectivity index (χ1v) is 7.06. The highest BCUT2D eigenvalue weighted by molar-refractivity contribution is 9.10. The van der Waals surface area contributed by atoms with Crippen LogP contribution in [0.4, 0.5) is 8.78 Å². The van der Waals surface area contributed by atoms with Crippen LogP contribution in [-0.4, -0.2) is 40.0 Å². The molecule has 2 heterocycles. The third-order valence-corrected chi connectivity index (χ3v) is 4.14. The minimum absolute atomic E-state index is 0.0914. The van der Waals surface area contributed by atoms with Crippen LogP contribution in [0.2, 0.25) is 0 Å². The SMILES string of the molecule is O=C(c1ccc2c(Br)[nH]nc2c1)N1CCC(F)(F)CC1. The van der Waals surface area contributed by atoms with Gasteiger partial charge in [-0.1, -0.05) is 0 Å². The van der Waals surface area contributed by atoms with E-state index in [-0.39, 0.29) is 31.8 Å². The van der Waals surface area contributed by atoms with Crippen molar-refractivity contribution in [3.8, 4) is 0 Å². The number of aromatic nitrogens is 2. The minimum Gasteiger partial charge on any atom is -0.338 e. The van der Waals surface area contributed by atoms with Gasteiger partial charge in [0.15, 0.2) is 0 Å². The van der Waals surface area contributed by atoms with Crippen LogP contribution in [0, 0.1) is 0 Å². The average Bonchev–Trinajstić information content (AvgIpc) is 2.79. The van der Waals surface area contributed by atoms with Crippen molar-refractivity contribution in [3.05, 3.63) is 28.4 Å². The first-order valence-electron chi connectivity index (χ1n) is 6.27. The molecule has 1 saturated heterocycles. The number of halogens is 3. The van der Waals surface area contributed by atoms with Crippen LogP contribution in [0.15, 0.2) is 22.8 Å².